The second-order valence-corrected chi connectivity index (χ2v) is 7.13. The molecule has 0 fully saturated rings. The summed E-state index contributed by atoms with van der Waals surface area (Å²) >= 11 is 0. The van der Waals surface area contributed by atoms with Crippen LogP contribution >= 0.6 is 0 Å². The van der Waals surface area contributed by atoms with Gasteiger partial charge >= 0.3 is 0 Å². The average molecular weight is 392 g/mol. The monoisotopic (exact) mass is 392 g/mol. The molecule has 1 aliphatic heterocycles. The van der Waals surface area contributed by atoms with Crippen LogP contribution in [-0.2, 0) is 24.3 Å². The van der Waals surface area contributed by atoms with E-state index in [1.54, 1.807) is 11.8 Å². The van der Waals surface area contributed by atoms with Crippen molar-refractivity contribution in [3.05, 3.63) is 76.6 Å². The summed E-state index contributed by atoms with van der Waals surface area (Å²) in [5.74, 6) is 0.584. The van der Waals surface area contributed by atoms with Crippen molar-refractivity contribution in [3.63, 3.8) is 0 Å². The number of nitrogens with zero attached hydrogens (tertiary/aromatic N) is 3. The maximum atomic E-state index is 12.5. The maximum Gasteiger partial charge on any atom is 0.273 e. The van der Waals surface area contributed by atoms with Gasteiger partial charge in [0, 0.05) is 6.54 Å². The Morgan fingerprint density at radius 3 is 2.69 bits per heavy atom. The predicted octanol–water partition coefficient (Wildman–Crippen LogP) is 2.84. The predicted molar refractivity (Wildman–Crippen MR) is 108 cm³/mol. The fourth-order valence-electron chi connectivity index (χ4n) is 3.37. The minimum absolute atomic E-state index is 0.132. The number of fused-ring (bicyclic) bond motifs is 1. The van der Waals surface area contributed by atoms with E-state index in [9.17, 15) is 4.79 Å². The number of nitrogens with one attached hydrogen (secondary N) is 1. The molecule has 1 N–H and O–H groups in total. The van der Waals surface area contributed by atoms with E-state index in [1.807, 2.05) is 24.3 Å². The number of hydrogen-bond acceptors (Lipinski definition) is 5. The molecule has 150 valence electrons. The molecule has 0 bridgehead atoms. The molecule has 29 heavy (non-hydrogen) atoms. The Hall–Kier alpha value is -3.19. The molecule has 2 aromatic carbocycles. The summed E-state index contributed by atoms with van der Waals surface area (Å²) in [5, 5.41) is 11.2. The van der Waals surface area contributed by atoms with Gasteiger partial charge in [0.15, 0.2) is 5.69 Å². The van der Waals surface area contributed by atoms with E-state index in [-0.39, 0.29) is 12.0 Å². The van der Waals surface area contributed by atoms with Gasteiger partial charge in [0.25, 0.3) is 5.91 Å². The van der Waals surface area contributed by atoms with Crippen LogP contribution in [0.25, 0.3) is 0 Å². The lowest BCUT2D eigenvalue weighted by Gasteiger charge is -2.24. The van der Waals surface area contributed by atoms with Crippen LogP contribution in [0.3, 0.4) is 0 Å². The Morgan fingerprint density at radius 1 is 1.21 bits per heavy atom. The van der Waals surface area contributed by atoms with Crippen LogP contribution < -0.4 is 10.1 Å². The van der Waals surface area contributed by atoms with Gasteiger partial charge in [-0.05, 0) is 36.6 Å². The van der Waals surface area contributed by atoms with E-state index in [4.69, 9.17) is 9.47 Å². The zero-order valence-corrected chi connectivity index (χ0v) is 16.6. The van der Waals surface area contributed by atoms with Crippen molar-refractivity contribution in [1.82, 2.24) is 20.3 Å². The number of benzene rings is 2. The molecule has 0 radical (unpaired) electrons. The highest BCUT2D eigenvalue weighted by atomic mass is 16.5. The molecular formula is C22H24N4O3. The summed E-state index contributed by atoms with van der Waals surface area (Å²) in [7, 11) is 1.64. The first kappa shape index (κ1) is 19.1. The molecule has 0 spiro atoms. The maximum absolute atomic E-state index is 12.5. The van der Waals surface area contributed by atoms with Crippen LogP contribution in [0, 0.1) is 6.92 Å². The van der Waals surface area contributed by atoms with Crippen molar-refractivity contribution >= 4 is 5.91 Å². The Bertz CT molecular complexity index is 980. The molecule has 3 aromatic rings. The number of carbonyl (C=O) groups excluding carboxylic acids is 1. The van der Waals surface area contributed by atoms with Crippen LogP contribution in [0.15, 0.2) is 48.5 Å². The van der Waals surface area contributed by atoms with Gasteiger partial charge in [0.2, 0.25) is 0 Å². The van der Waals surface area contributed by atoms with E-state index in [1.165, 1.54) is 11.1 Å². The van der Waals surface area contributed by atoms with Crippen molar-refractivity contribution in [1.29, 1.82) is 0 Å². The van der Waals surface area contributed by atoms with Gasteiger partial charge in [0.05, 0.1) is 26.0 Å². The first-order valence-corrected chi connectivity index (χ1v) is 9.65. The summed E-state index contributed by atoms with van der Waals surface area (Å²) in [6.07, 6.45) is 0.637. The van der Waals surface area contributed by atoms with Gasteiger partial charge in [-0.1, -0.05) is 47.2 Å². The third-order valence-corrected chi connectivity index (χ3v) is 5.12. The summed E-state index contributed by atoms with van der Waals surface area (Å²) < 4.78 is 12.9. The number of methoxy groups -OCH3 is 1. The van der Waals surface area contributed by atoms with E-state index in [0.29, 0.717) is 31.1 Å². The molecule has 7 nitrogen and oxygen atoms in total. The number of rotatable bonds is 6. The largest absolute Gasteiger partial charge is 0.497 e. The highest BCUT2D eigenvalue weighted by molar-refractivity contribution is 5.93. The lowest BCUT2D eigenvalue weighted by atomic mass is 10.1. The number of carbonyl (C=O) groups is 1. The van der Waals surface area contributed by atoms with Gasteiger partial charge in [-0.25, -0.2) is 4.68 Å². The SMILES string of the molecule is COc1ccc([C@H]2Cn3nnc(C(=O)NCCc4ccc(C)cc4)c3CO2)cc1. The van der Waals surface area contributed by atoms with Crippen LogP contribution in [0.1, 0.15) is 39.0 Å². The Labute approximate surface area is 169 Å². The first-order chi connectivity index (χ1) is 14.1. The molecule has 1 aliphatic rings. The number of amides is 1. The van der Waals surface area contributed by atoms with Crippen molar-refractivity contribution in [2.24, 2.45) is 0 Å². The third kappa shape index (κ3) is 4.30. The molecule has 7 heteroatoms. The molecule has 0 unspecified atom stereocenters. The van der Waals surface area contributed by atoms with Crippen molar-refractivity contribution in [3.8, 4) is 5.75 Å². The van der Waals surface area contributed by atoms with Gasteiger partial charge in [-0.15, -0.1) is 5.10 Å². The molecule has 0 saturated heterocycles. The Kier molecular flexibility index (Phi) is 5.57. The zero-order valence-electron chi connectivity index (χ0n) is 16.6. The smallest absolute Gasteiger partial charge is 0.273 e. The van der Waals surface area contributed by atoms with E-state index >= 15 is 0 Å². The molecular weight excluding hydrogens is 368 g/mol. The fourth-order valence-corrected chi connectivity index (χ4v) is 3.37. The molecule has 1 aromatic heterocycles. The van der Waals surface area contributed by atoms with Crippen molar-refractivity contribution < 1.29 is 14.3 Å². The van der Waals surface area contributed by atoms with Crippen molar-refractivity contribution in [2.75, 3.05) is 13.7 Å². The summed E-state index contributed by atoms with van der Waals surface area (Å²) in [5.41, 5.74) is 4.49. The van der Waals surface area contributed by atoms with Gasteiger partial charge in [0.1, 0.15) is 11.9 Å². The lowest BCUT2D eigenvalue weighted by Crippen LogP contribution is -2.29. The molecule has 0 saturated carbocycles. The quantitative estimate of drug-likeness (QED) is 0.698. The van der Waals surface area contributed by atoms with Crippen LogP contribution in [-0.4, -0.2) is 34.6 Å². The second kappa shape index (κ2) is 8.45. The van der Waals surface area contributed by atoms with Crippen LogP contribution in [0.5, 0.6) is 5.75 Å². The normalized spacial score (nSPS) is 15.6. The topological polar surface area (TPSA) is 78.3 Å². The first-order valence-electron chi connectivity index (χ1n) is 9.65. The van der Waals surface area contributed by atoms with E-state index in [2.05, 4.69) is 46.8 Å². The molecule has 2 heterocycles. The molecule has 4 rings (SSSR count). The molecule has 0 aliphatic carbocycles. The lowest BCUT2D eigenvalue weighted by molar-refractivity contribution is -0.00179. The minimum Gasteiger partial charge on any atom is -0.497 e. The second-order valence-electron chi connectivity index (χ2n) is 7.13. The number of aromatic nitrogens is 3. The molecule has 1 atom stereocenters. The Balaban J connectivity index is 1.36. The van der Waals surface area contributed by atoms with E-state index in [0.717, 1.165) is 17.7 Å². The average Bonchev–Trinajstić information content (AvgIpc) is 3.18. The standard InChI is InChI=1S/C22H24N4O3/c1-15-3-5-16(6-4-15)11-12-23-22(27)21-19-14-29-20(13-26(19)25-24-21)17-7-9-18(28-2)10-8-17/h3-10,20H,11-14H2,1-2H3,(H,23,27)/t20-/m1/s1. The number of aryl methyl sites for hydroxylation is 1. The van der Waals surface area contributed by atoms with Gasteiger partial charge in [-0.3, -0.25) is 4.79 Å². The number of hydrogen-bond donors (Lipinski definition) is 1. The van der Waals surface area contributed by atoms with Gasteiger partial charge in [-0.2, -0.15) is 0 Å². The van der Waals surface area contributed by atoms with Crippen molar-refractivity contribution in [2.45, 2.75) is 32.6 Å². The van der Waals surface area contributed by atoms with Gasteiger partial charge < -0.3 is 14.8 Å². The summed E-state index contributed by atoms with van der Waals surface area (Å²) in [6.45, 7) is 3.42. The third-order valence-electron chi connectivity index (χ3n) is 5.12. The Morgan fingerprint density at radius 2 is 1.97 bits per heavy atom. The zero-order chi connectivity index (χ0) is 20.2. The van der Waals surface area contributed by atoms with E-state index < -0.39 is 0 Å². The number of ether oxygens (including phenoxy) is 2. The van der Waals surface area contributed by atoms with Crippen LogP contribution in [0.4, 0.5) is 0 Å². The summed E-state index contributed by atoms with van der Waals surface area (Å²) in [6, 6.07) is 16.1. The minimum atomic E-state index is -0.218. The molecule has 1 amide bonds. The highest BCUT2D eigenvalue weighted by Crippen LogP contribution is 2.28. The van der Waals surface area contributed by atoms with Crippen LogP contribution in [0.2, 0.25) is 0 Å². The fraction of sp³-hybridized carbons (Fsp3) is 0.318. The highest BCUT2D eigenvalue weighted by Gasteiger charge is 2.27. The summed E-state index contributed by atoms with van der Waals surface area (Å²) in [4.78, 5) is 12.5.